The Balaban J connectivity index is 0.000000223. The largest absolute Gasteiger partial charge is 0.389 e. The fourth-order valence-electron chi connectivity index (χ4n) is 6.15. The molecule has 2 aromatic carbocycles. The van der Waals surface area contributed by atoms with Crippen LogP contribution >= 0.6 is 0 Å². The predicted molar refractivity (Wildman–Crippen MR) is 152 cm³/mol. The first kappa shape index (κ1) is 24.6. The standard InChI is InChI=1S/C17H27NO.C15H23NO/c1-14-7-9-15(10-8-14)16(13-18(2)3)17(19)11-5-4-6-12-17;1-12-5-7-13(8-6-12)14(11-16)15(17)9-3-2-4-10-15/h7-10,16,19H,4-6,11-13H2,1-3H3;5-8,14,17H,2-4,9-11,16H2,1H3/i2D3;. The van der Waals surface area contributed by atoms with E-state index < -0.39 is 18.2 Å². The summed E-state index contributed by atoms with van der Waals surface area (Å²) >= 11 is 0. The van der Waals surface area contributed by atoms with Gasteiger partial charge in [0.1, 0.15) is 0 Å². The molecule has 0 aliphatic heterocycles. The molecule has 4 rings (SSSR count). The lowest BCUT2D eigenvalue weighted by Gasteiger charge is -2.40. The van der Waals surface area contributed by atoms with Crippen LogP contribution in [-0.2, 0) is 0 Å². The lowest BCUT2D eigenvalue weighted by Crippen LogP contribution is -2.42. The van der Waals surface area contributed by atoms with Crippen molar-refractivity contribution in [3.05, 3.63) is 70.8 Å². The highest BCUT2D eigenvalue weighted by molar-refractivity contribution is 5.28. The maximum absolute atomic E-state index is 11.2. The summed E-state index contributed by atoms with van der Waals surface area (Å²) in [5, 5.41) is 21.9. The maximum atomic E-state index is 11.2. The van der Waals surface area contributed by atoms with Gasteiger partial charge in [-0.3, -0.25) is 0 Å². The molecule has 2 aliphatic carbocycles. The highest BCUT2D eigenvalue weighted by atomic mass is 16.3. The highest BCUT2D eigenvalue weighted by Crippen LogP contribution is 2.41. The third-order valence-corrected chi connectivity index (χ3v) is 8.39. The molecule has 2 unspecified atom stereocenters. The van der Waals surface area contributed by atoms with Crippen LogP contribution in [0.2, 0.25) is 0 Å². The number of aliphatic hydroxyl groups is 2. The molecule has 0 aromatic heterocycles. The molecule has 0 saturated heterocycles. The second kappa shape index (κ2) is 13.2. The summed E-state index contributed by atoms with van der Waals surface area (Å²) in [6.07, 6.45) is 9.95. The highest BCUT2D eigenvalue weighted by Gasteiger charge is 2.39. The molecule has 2 aliphatic rings. The fraction of sp³-hybridized carbons (Fsp3) is 0.625. The van der Waals surface area contributed by atoms with Crippen LogP contribution in [0.5, 0.6) is 0 Å². The van der Waals surface area contributed by atoms with Gasteiger partial charge >= 0.3 is 0 Å². The molecule has 4 N–H and O–H groups in total. The molecule has 200 valence electrons. The first-order chi connectivity index (χ1) is 18.4. The number of nitrogens with zero attached hydrogens (tertiary/aromatic N) is 1. The number of hydrogen-bond acceptors (Lipinski definition) is 4. The quantitative estimate of drug-likeness (QED) is 0.434. The number of aryl methyl sites for hydroxylation is 2. The van der Waals surface area contributed by atoms with E-state index in [9.17, 15) is 10.2 Å². The minimum absolute atomic E-state index is 0.0865. The predicted octanol–water partition coefficient (Wildman–Crippen LogP) is 6.07. The van der Waals surface area contributed by atoms with Crippen molar-refractivity contribution < 1.29 is 14.3 Å². The average molecular weight is 498 g/mol. The summed E-state index contributed by atoms with van der Waals surface area (Å²) in [4.78, 5) is 1.38. The molecular weight excluding hydrogens is 444 g/mol. The first-order valence-corrected chi connectivity index (χ1v) is 13.9. The van der Waals surface area contributed by atoms with Gasteiger partial charge in [-0.25, -0.2) is 0 Å². The Morgan fingerprint density at radius 1 is 0.750 bits per heavy atom. The summed E-state index contributed by atoms with van der Waals surface area (Å²) in [6.45, 7) is 2.85. The topological polar surface area (TPSA) is 69.7 Å². The fourth-order valence-corrected chi connectivity index (χ4v) is 6.15. The van der Waals surface area contributed by atoms with Crippen molar-refractivity contribution in [2.24, 2.45) is 5.73 Å². The molecule has 4 heteroatoms. The van der Waals surface area contributed by atoms with Crippen molar-refractivity contribution in [3.8, 4) is 0 Å². The van der Waals surface area contributed by atoms with Gasteiger partial charge in [-0.2, -0.15) is 0 Å². The molecule has 0 bridgehead atoms. The third kappa shape index (κ3) is 7.64. The van der Waals surface area contributed by atoms with Gasteiger partial charge in [0, 0.05) is 29.0 Å². The van der Waals surface area contributed by atoms with Gasteiger partial charge < -0.3 is 20.8 Å². The molecule has 4 nitrogen and oxygen atoms in total. The first-order valence-electron chi connectivity index (χ1n) is 15.4. The second-order valence-electron chi connectivity index (χ2n) is 11.4. The minimum atomic E-state index is -2.13. The molecule has 2 atom stereocenters. The van der Waals surface area contributed by atoms with Crippen LogP contribution in [-0.4, -0.2) is 53.4 Å². The van der Waals surface area contributed by atoms with Crippen LogP contribution in [0.3, 0.4) is 0 Å². The van der Waals surface area contributed by atoms with Gasteiger partial charge in [0.05, 0.1) is 11.2 Å². The zero-order valence-corrected chi connectivity index (χ0v) is 22.7. The monoisotopic (exact) mass is 497 g/mol. The van der Waals surface area contributed by atoms with Crippen LogP contribution in [0, 0.1) is 13.8 Å². The van der Waals surface area contributed by atoms with Crippen LogP contribution in [0.25, 0.3) is 0 Å². The molecule has 0 radical (unpaired) electrons. The Labute approximate surface area is 224 Å². The Morgan fingerprint density at radius 3 is 1.53 bits per heavy atom. The summed E-state index contributed by atoms with van der Waals surface area (Å²) < 4.78 is 22.7. The number of likely N-dealkylation sites (N-methyl/N-ethyl adjacent to an activating group) is 1. The Hall–Kier alpha value is -1.72. The van der Waals surface area contributed by atoms with Crippen molar-refractivity contribution in [2.45, 2.75) is 101 Å². The third-order valence-electron chi connectivity index (χ3n) is 8.39. The van der Waals surface area contributed by atoms with Crippen molar-refractivity contribution >= 4 is 0 Å². The Bertz CT molecular complexity index is 996. The number of benzene rings is 2. The van der Waals surface area contributed by atoms with Crippen molar-refractivity contribution in [1.82, 2.24) is 4.90 Å². The smallest absolute Gasteiger partial charge is 0.0728 e. The van der Waals surface area contributed by atoms with Crippen LogP contribution < -0.4 is 5.73 Å². The summed E-state index contributed by atoms with van der Waals surface area (Å²) in [5.41, 5.74) is 9.15. The van der Waals surface area contributed by atoms with E-state index in [1.54, 1.807) is 7.05 Å². The lowest BCUT2D eigenvalue weighted by atomic mass is 9.72. The van der Waals surface area contributed by atoms with Crippen molar-refractivity contribution in [1.29, 1.82) is 0 Å². The number of hydrogen-bond donors (Lipinski definition) is 3. The average Bonchev–Trinajstić information content (AvgIpc) is 2.90. The van der Waals surface area contributed by atoms with Crippen LogP contribution in [0.15, 0.2) is 48.5 Å². The summed E-state index contributed by atoms with van der Waals surface area (Å²) in [5.74, 6) is -0.0813. The van der Waals surface area contributed by atoms with E-state index in [4.69, 9.17) is 9.85 Å². The van der Waals surface area contributed by atoms with E-state index in [1.807, 2.05) is 31.2 Å². The van der Waals surface area contributed by atoms with Crippen LogP contribution in [0.1, 0.15) is 102 Å². The molecule has 36 heavy (non-hydrogen) atoms. The summed E-state index contributed by atoms with van der Waals surface area (Å²) in [7, 11) is 1.61. The molecule has 0 spiro atoms. The molecule has 2 fully saturated rings. The van der Waals surface area contributed by atoms with E-state index in [0.29, 0.717) is 13.1 Å². The number of nitrogens with two attached hydrogens (primary N) is 1. The van der Waals surface area contributed by atoms with Gasteiger partial charge in [-0.1, -0.05) is 98.2 Å². The van der Waals surface area contributed by atoms with E-state index >= 15 is 0 Å². The molecule has 0 amide bonds. The minimum Gasteiger partial charge on any atom is -0.389 e. The zero-order chi connectivity index (χ0) is 28.7. The molecule has 2 aromatic rings. The van der Waals surface area contributed by atoms with E-state index in [1.165, 1.54) is 28.0 Å². The van der Waals surface area contributed by atoms with Gasteiger partial charge in [-0.05, 0) is 64.7 Å². The van der Waals surface area contributed by atoms with E-state index in [2.05, 4.69) is 31.2 Å². The van der Waals surface area contributed by atoms with E-state index in [-0.39, 0.29) is 11.8 Å². The summed E-state index contributed by atoms with van der Waals surface area (Å²) in [6, 6.07) is 16.5. The maximum Gasteiger partial charge on any atom is 0.0728 e. The SMILES string of the molecule is Cc1ccc(C(CN)C2(O)CCCCC2)cc1.[2H]C([2H])([2H])N(C)CC(c1ccc(C)cc1)C1(O)CCCCC1. The Kier molecular flexibility index (Phi) is 9.01. The van der Waals surface area contributed by atoms with Crippen molar-refractivity contribution in [2.75, 3.05) is 27.1 Å². The van der Waals surface area contributed by atoms with Gasteiger partial charge in [0.15, 0.2) is 0 Å². The van der Waals surface area contributed by atoms with Crippen molar-refractivity contribution in [3.63, 3.8) is 0 Å². The normalized spacial score (nSPS) is 22.4. The Morgan fingerprint density at radius 2 is 1.14 bits per heavy atom. The molecule has 0 heterocycles. The van der Waals surface area contributed by atoms with E-state index in [0.717, 1.165) is 63.4 Å². The van der Waals surface area contributed by atoms with Crippen LogP contribution in [0.4, 0.5) is 0 Å². The van der Waals surface area contributed by atoms with Gasteiger partial charge in [-0.15, -0.1) is 0 Å². The van der Waals surface area contributed by atoms with Gasteiger partial charge in [0.25, 0.3) is 0 Å². The number of rotatable bonds is 7. The molecule has 2 saturated carbocycles. The molecular formula is C32H50N2O2. The zero-order valence-electron chi connectivity index (χ0n) is 25.7. The lowest BCUT2D eigenvalue weighted by molar-refractivity contribution is -0.0277. The second-order valence-corrected chi connectivity index (χ2v) is 11.4. The van der Waals surface area contributed by atoms with Gasteiger partial charge in [0.2, 0.25) is 0 Å².